The number of anilines is 1. The Morgan fingerprint density at radius 3 is 2.33 bits per heavy atom. The van der Waals surface area contributed by atoms with Crippen molar-refractivity contribution in [2.45, 2.75) is 13.5 Å². The fourth-order valence-electron chi connectivity index (χ4n) is 2.15. The first-order chi connectivity index (χ1) is 11.3. The van der Waals surface area contributed by atoms with E-state index in [9.17, 15) is 17.6 Å². The standard InChI is InChI=1S/C17H19FN2O3S/c1-13-5-3-4-6-16(13)19-17(21)12-20(24(2,22)23)11-14-7-9-15(18)10-8-14/h3-10H,11-12H2,1-2H3,(H,19,21). The molecule has 0 radical (unpaired) electrons. The van der Waals surface area contributed by atoms with Gasteiger partial charge in [0.25, 0.3) is 0 Å². The molecule has 0 aliphatic rings. The van der Waals surface area contributed by atoms with Crippen molar-refractivity contribution in [3.8, 4) is 0 Å². The van der Waals surface area contributed by atoms with E-state index in [1.807, 2.05) is 19.1 Å². The van der Waals surface area contributed by atoms with E-state index in [0.29, 0.717) is 11.3 Å². The van der Waals surface area contributed by atoms with E-state index in [4.69, 9.17) is 0 Å². The first kappa shape index (κ1) is 18.1. The van der Waals surface area contributed by atoms with E-state index in [1.165, 1.54) is 24.3 Å². The molecule has 2 aromatic rings. The minimum absolute atomic E-state index is 0.000303. The third-order valence-electron chi connectivity index (χ3n) is 3.48. The number of nitrogens with zero attached hydrogens (tertiary/aromatic N) is 1. The number of sulfonamides is 1. The minimum Gasteiger partial charge on any atom is -0.325 e. The number of rotatable bonds is 6. The molecule has 7 heteroatoms. The molecule has 0 aliphatic carbocycles. The van der Waals surface area contributed by atoms with Crippen LogP contribution in [0.25, 0.3) is 0 Å². The highest BCUT2D eigenvalue weighted by Gasteiger charge is 2.21. The van der Waals surface area contributed by atoms with Gasteiger partial charge >= 0.3 is 0 Å². The molecule has 0 saturated heterocycles. The van der Waals surface area contributed by atoms with Gasteiger partial charge in [-0.2, -0.15) is 4.31 Å². The highest BCUT2D eigenvalue weighted by atomic mass is 32.2. The number of amides is 1. The number of halogens is 1. The molecule has 0 unspecified atom stereocenters. The Bertz CT molecular complexity index is 820. The number of hydrogen-bond donors (Lipinski definition) is 1. The molecule has 24 heavy (non-hydrogen) atoms. The zero-order valence-electron chi connectivity index (χ0n) is 13.5. The summed E-state index contributed by atoms with van der Waals surface area (Å²) >= 11 is 0. The second-order valence-corrected chi connectivity index (χ2v) is 7.50. The summed E-state index contributed by atoms with van der Waals surface area (Å²) in [6, 6.07) is 12.7. The van der Waals surface area contributed by atoms with Crippen molar-refractivity contribution in [2.24, 2.45) is 0 Å². The van der Waals surface area contributed by atoms with Gasteiger partial charge in [0, 0.05) is 12.2 Å². The van der Waals surface area contributed by atoms with Gasteiger partial charge in [0.15, 0.2) is 0 Å². The summed E-state index contributed by atoms with van der Waals surface area (Å²) in [6.45, 7) is 1.54. The largest absolute Gasteiger partial charge is 0.325 e. The van der Waals surface area contributed by atoms with Crippen molar-refractivity contribution < 1.29 is 17.6 Å². The summed E-state index contributed by atoms with van der Waals surface area (Å²) in [5.41, 5.74) is 2.12. The fourth-order valence-corrected chi connectivity index (χ4v) is 2.88. The molecule has 0 atom stereocenters. The highest BCUT2D eigenvalue weighted by molar-refractivity contribution is 7.88. The zero-order valence-corrected chi connectivity index (χ0v) is 14.3. The van der Waals surface area contributed by atoms with Gasteiger partial charge in [0.05, 0.1) is 12.8 Å². The number of carbonyl (C=O) groups excluding carboxylic acids is 1. The summed E-state index contributed by atoms with van der Waals surface area (Å²) in [6.07, 6.45) is 1.04. The molecular formula is C17H19FN2O3S. The molecule has 0 aromatic heterocycles. The predicted molar refractivity (Wildman–Crippen MR) is 91.5 cm³/mol. The summed E-state index contributed by atoms with van der Waals surface area (Å²) in [5.74, 6) is -0.834. The normalized spacial score (nSPS) is 11.5. The van der Waals surface area contributed by atoms with Gasteiger partial charge in [-0.25, -0.2) is 12.8 Å². The van der Waals surface area contributed by atoms with Gasteiger partial charge in [-0.15, -0.1) is 0 Å². The molecule has 0 fully saturated rings. The van der Waals surface area contributed by atoms with Crippen molar-refractivity contribution >= 4 is 21.6 Å². The van der Waals surface area contributed by atoms with Crippen molar-refractivity contribution in [1.29, 1.82) is 0 Å². The molecule has 128 valence electrons. The molecular weight excluding hydrogens is 331 g/mol. The van der Waals surface area contributed by atoms with Crippen LogP contribution < -0.4 is 5.32 Å². The average Bonchev–Trinajstić information content (AvgIpc) is 2.50. The van der Waals surface area contributed by atoms with Gasteiger partial charge in [0.2, 0.25) is 15.9 Å². The molecule has 5 nitrogen and oxygen atoms in total. The third kappa shape index (κ3) is 5.14. The van der Waals surface area contributed by atoms with E-state index in [2.05, 4.69) is 5.32 Å². The summed E-state index contributed by atoms with van der Waals surface area (Å²) in [4.78, 5) is 12.2. The number of para-hydroxylation sites is 1. The summed E-state index contributed by atoms with van der Waals surface area (Å²) in [7, 11) is -3.59. The minimum atomic E-state index is -3.59. The third-order valence-corrected chi connectivity index (χ3v) is 4.68. The Hall–Kier alpha value is -2.25. The van der Waals surface area contributed by atoms with Crippen molar-refractivity contribution in [3.63, 3.8) is 0 Å². The topological polar surface area (TPSA) is 66.5 Å². The quantitative estimate of drug-likeness (QED) is 0.871. The molecule has 0 heterocycles. The molecule has 1 N–H and O–H groups in total. The van der Waals surface area contributed by atoms with Crippen LogP contribution in [-0.2, 0) is 21.4 Å². The fraction of sp³-hybridized carbons (Fsp3) is 0.235. The van der Waals surface area contributed by atoms with E-state index < -0.39 is 21.7 Å². The van der Waals surface area contributed by atoms with Crippen LogP contribution in [0.2, 0.25) is 0 Å². The maximum atomic E-state index is 13.0. The van der Waals surface area contributed by atoms with Crippen LogP contribution in [0, 0.1) is 12.7 Å². The van der Waals surface area contributed by atoms with Gasteiger partial charge < -0.3 is 5.32 Å². The van der Waals surface area contributed by atoms with Crippen LogP contribution in [0.3, 0.4) is 0 Å². The monoisotopic (exact) mass is 350 g/mol. The summed E-state index contributed by atoms with van der Waals surface area (Å²) < 4.78 is 37.9. The van der Waals surface area contributed by atoms with Crippen molar-refractivity contribution in [2.75, 3.05) is 18.1 Å². The lowest BCUT2D eigenvalue weighted by Crippen LogP contribution is -2.37. The SMILES string of the molecule is Cc1ccccc1NC(=O)CN(Cc1ccc(F)cc1)S(C)(=O)=O. The second kappa shape index (κ2) is 7.55. The number of carbonyl (C=O) groups is 1. The van der Waals surface area contributed by atoms with Crippen molar-refractivity contribution in [3.05, 3.63) is 65.5 Å². The lowest BCUT2D eigenvalue weighted by molar-refractivity contribution is -0.116. The van der Waals surface area contributed by atoms with Crippen molar-refractivity contribution in [1.82, 2.24) is 4.31 Å². The first-order valence-corrected chi connectivity index (χ1v) is 9.15. The van der Waals surface area contributed by atoms with Crippen LogP contribution in [0.15, 0.2) is 48.5 Å². The maximum absolute atomic E-state index is 13.0. The molecule has 0 saturated carbocycles. The van der Waals surface area contributed by atoms with Crippen LogP contribution >= 0.6 is 0 Å². The summed E-state index contributed by atoms with van der Waals surface area (Å²) in [5, 5.41) is 2.70. The number of aryl methyl sites for hydroxylation is 1. The molecule has 1 amide bonds. The zero-order chi connectivity index (χ0) is 17.7. The van der Waals surface area contributed by atoms with Crippen LogP contribution in [0.5, 0.6) is 0 Å². The van der Waals surface area contributed by atoms with Crippen LogP contribution in [-0.4, -0.2) is 31.4 Å². The Morgan fingerprint density at radius 1 is 1.12 bits per heavy atom. The Kier molecular flexibility index (Phi) is 5.69. The van der Waals surface area contributed by atoms with E-state index in [0.717, 1.165) is 16.1 Å². The van der Waals surface area contributed by atoms with Crippen LogP contribution in [0.4, 0.5) is 10.1 Å². The molecule has 2 rings (SSSR count). The highest BCUT2D eigenvalue weighted by Crippen LogP contribution is 2.14. The van der Waals surface area contributed by atoms with Gasteiger partial charge in [0.1, 0.15) is 5.82 Å². The first-order valence-electron chi connectivity index (χ1n) is 7.31. The Morgan fingerprint density at radius 2 is 1.75 bits per heavy atom. The van der Waals surface area contributed by atoms with E-state index >= 15 is 0 Å². The van der Waals surface area contributed by atoms with Gasteiger partial charge in [-0.3, -0.25) is 4.79 Å². The smallest absolute Gasteiger partial charge is 0.239 e. The molecule has 0 spiro atoms. The number of nitrogens with one attached hydrogen (secondary N) is 1. The Labute approximate surface area is 141 Å². The maximum Gasteiger partial charge on any atom is 0.239 e. The van der Waals surface area contributed by atoms with E-state index in [1.54, 1.807) is 12.1 Å². The van der Waals surface area contributed by atoms with E-state index in [-0.39, 0.29) is 13.1 Å². The molecule has 0 aliphatic heterocycles. The van der Waals surface area contributed by atoms with Crippen LogP contribution in [0.1, 0.15) is 11.1 Å². The Balaban J connectivity index is 2.10. The van der Waals surface area contributed by atoms with Gasteiger partial charge in [-0.1, -0.05) is 30.3 Å². The average molecular weight is 350 g/mol. The predicted octanol–water partition coefficient (Wildman–Crippen LogP) is 2.53. The molecule has 0 bridgehead atoms. The number of benzene rings is 2. The lowest BCUT2D eigenvalue weighted by atomic mass is 10.2. The molecule has 2 aromatic carbocycles. The number of hydrogen-bond acceptors (Lipinski definition) is 3. The second-order valence-electron chi connectivity index (χ2n) is 5.52. The van der Waals surface area contributed by atoms with Gasteiger partial charge in [-0.05, 0) is 36.2 Å². The lowest BCUT2D eigenvalue weighted by Gasteiger charge is -2.20.